The first-order valence-electron chi connectivity index (χ1n) is 4.47. The highest BCUT2D eigenvalue weighted by atomic mass is 16.4. The molecule has 1 unspecified atom stereocenters. The molecule has 5 heteroatoms. The zero-order chi connectivity index (χ0) is 9.90. The van der Waals surface area contributed by atoms with Crippen molar-refractivity contribution in [2.75, 3.05) is 13.2 Å². The van der Waals surface area contributed by atoms with Crippen molar-refractivity contribution in [1.82, 2.24) is 5.32 Å². The van der Waals surface area contributed by atoms with Gasteiger partial charge in [0.1, 0.15) is 5.84 Å². The fourth-order valence-electron chi connectivity index (χ4n) is 1.11. The van der Waals surface area contributed by atoms with E-state index in [0.29, 0.717) is 6.54 Å². The molecule has 0 saturated heterocycles. The fraction of sp³-hybridized carbons (Fsp3) is 0.875. The number of rotatable bonds is 5. The molecule has 0 aromatic carbocycles. The van der Waals surface area contributed by atoms with Crippen LogP contribution < -0.4 is 11.1 Å². The van der Waals surface area contributed by atoms with Crippen molar-refractivity contribution < 1.29 is 10.3 Å². The highest BCUT2D eigenvalue weighted by Crippen LogP contribution is 2.34. The van der Waals surface area contributed by atoms with Gasteiger partial charge in [-0.3, -0.25) is 0 Å². The lowest BCUT2D eigenvalue weighted by molar-refractivity contribution is 0.228. The van der Waals surface area contributed by atoms with Crippen molar-refractivity contribution >= 4 is 5.84 Å². The molecule has 0 heterocycles. The minimum atomic E-state index is -0.0794. The summed E-state index contributed by atoms with van der Waals surface area (Å²) in [6, 6.07) is 0. The van der Waals surface area contributed by atoms with E-state index in [0.717, 1.165) is 12.8 Å². The summed E-state index contributed by atoms with van der Waals surface area (Å²) >= 11 is 0. The third-order valence-electron chi connectivity index (χ3n) is 2.56. The van der Waals surface area contributed by atoms with E-state index in [1.807, 2.05) is 6.92 Å². The molecular weight excluding hydrogens is 170 g/mol. The molecule has 1 saturated carbocycles. The van der Waals surface area contributed by atoms with E-state index in [1.54, 1.807) is 0 Å². The second kappa shape index (κ2) is 3.93. The van der Waals surface area contributed by atoms with Crippen molar-refractivity contribution in [3.8, 4) is 0 Å². The molecule has 13 heavy (non-hydrogen) atoms. The number of aliphatic hydroxyl groups excluding tert-OH is 1. The summed E-state index contributed by atoms with van der Waals surface area (Å²) in [5.41, 5.74) is 5.33. The van der Waals surface area contributed by atoms with Gasteiger partial charge in [0.25, 0.3) is 0 Å². The maximum Gasteiger partial charge on any atom is 0.143 e. The lowest BCUT2D eigenvalue weighted by Crippen LogP contribution is -2.40. The molecule has 1 atom stereocenters. The normalized spacial score (nSPS) is 22.8. The summed E-state index contributed by atoms with van der Waals surface area (Å²) in [5.74, 6) is 0.218. The van der Waals surface area contributed by atoms with Gasteiger partial charge in [-0.25, -0.2) is 0 Å². The van der Waals surface area contributed by atoms with Crippen molar-refractivity contribution in [3.63, 3.8) is 0 Å². The van der Waals surface area contributed by atoms with Crippen LogP contribution in [-0.4, -0.2) is 34.8 Å². The Hall–Kier alpha value is -0.810. The number of hydrogen-bond acceptors (Lipinski definition) is 4. The Bertz CT molecular complexity index is 202. The lowest BCUT2D eigenvalue weighted by Gasteiger charge is -2.17. The molecule has 0 aromatic rings. The van der Waals surface area contributed by atoms with E-state index in [4.69, 9.17) is 16.0 Å². The monoisotopic (exact) mass is 187 g/mol. The van der Waals surface area contributed by atoms with Crippen LogP contribution in [0.25, 0.3) is 0 Å². The average Bonchev–Trinajstić information content (AvgIpc) is 2.93. The SMILES string of the molecule is CC(CNC1(CO)CC1)C(N)=NO. The van der Waals surface area contributed by atoms with Gasteiger partial charge in [0.05, 0.1) is 6.61 Å². The summed E-state index contributed by atoms with van der Waals surface area (Å²) in [5, 5.41) is 23.5. The predicted molar refractivity (Wildman–Crippen MR) is 49.6 cm³/mol. The zero-order valence-corrected chi connectivity index (χ0v) is 7.82. The largest absolute Gasteiger partial charge is 0.409 e. The van der Waals surface area contributed by atoms with Crippen LogP contribution in [-0.2, 0) is 0 Å². The van der Waals surface area contributed by atoms with Gasteiger partial charge in [-0.05, 0) is 12.8 Å². The van der Waals surface area contributed by atoms with Crippen LogP contribution in [0, 0.1) is 5.92 Å². The molecule has 0 radical (unpaired) electrons. The maximum atomic E-state index is 8.99. The Morgan fingerprint density at radius 1 is 1.69 bits per heavy atom. The summed E-state index contributed by atoms with van der Waals surface area (Å²) in [7, 11) is 0. The van der Waals surface area contributed by atoms with Crippen LogP contribution in [0.3, 0.4) is 0 Å². The minimum Gasteiger partial charge on any atom is -0.409 e. The number of aliphatic hydroxyl groups is 1. The Morgan fingerprint density at radius 3 is 2.69 bits per heavy atom. The molecule has 0 aliphatic heterocycles. The first-order chi connectivity index (χ1) is 6.13. The number of nitrogens with zero attached hydrogens (tertiary/aromatic N) is 1. The number of nitrogens with two attached hydrogens (primary N) is 1. The van der Waals surface area contributed by atoms with Crippen molar-refractivity contribution in [2.24, 2.45) is 16.8 Å². The molecule has 1 aliphatic rings. The minimum absolute atomic E-state index is 0.00553. The lowest BCUT2D eigenvalue weighted by atomic mass is 10.1. The van der Waals surface area contributed by atoms with E-state index < -0.39 is 0 Å². The summed E-state index contributed by atoms with van der Waals surface area (Å²) in [4.78, 5) is 0. The van der Waals surface area contributed by atoms with Crippen LogP contribution in [0.4, 0.5) is 0 Å². The highest BCUT2D eigenvalue weighted by Gasteiger charge is 2.41. The Morgan fingerprint density at radius 2 is 2.31 bits per heavy atom. The van der Waals surface area contributed by atoms with Crippen LogP contribution in [0.5, 0.6) is 0 Å². The molecule has 0 amide bonds. The van der Waals surface area contributed by atoms with E-state index in [2.05, 4.69) is 10.5 Å². The van der Waals surface area contributed by atoms with Gasteiger partial charge in [-0.2, -0.15) is 0 Å². The number of nitrogens with one attached hydrogen (secondary N) is 1. The summed E-state index contributed by atoms with van der Waals surface area (Å²) < 4.78 is 0. The van der Waals surface area contributed by atoms with Gasteiger partial charge in [0.15, 0.2) is 0 Å². The van der Waals surface area contributed by atoms with Crippen molar-refractivity contribution in [1.29, 1.82) is 0 Å². The van der Waals surface area contributed by atoms with Gasteiger partial charge in [0, 0.05) is 18.0 Å². The highest BCUT2D eigenvalue weighted by molar-refractivity contribution is 5.82. The number of oxime groups is 1. The molecule has 5 N–H and O–H groups in total. The first kappa shape index (κ1) is 10.3. The first-order valence-corrected chi connectivity index (χ1v) is 4.47. The third-order valence-corrected chi connectivity index (χ3v) is 2.56. The third kappa shape index (κ3) is 2.57. The molecule has 0 aromatic heterocycles. The molecule has 1 fully saturated rings. The van der Waals surface area contributed by atoms with E-state index in [1.165, 1.54) is 0 Å². The Labute approximate surface area is 77.6 Å². The number of amidine groups is 1. The van der Waals surface area contributed by atoms with E-state index >= 15 is 0 Å². The van der Waals surface area contributed by atoms with Gasteiger partial charge in [-0.15, -0.1) is 0 Å². The predicted octanol–water partition coefficient (Wildman–Crippen LogP) is -0.517. The van der Waals surface area contributed by atoms with Gasteiger partial charge >= 0.3 is 0 Å². The standard InChI is InChI=1S/C8H17N3O2/c1-6(7(9)11-13)4-10-8(5-12)2-3-8/h6,10,12-13H,2-5H2,1H3,(H2,9,11). The zero-order valence-electron chi connectivity index (χ0n) is 7.82. The molecule has 0 bridgehead atoms. The fourth-order valence-corrected chi connectivity index (χ4v) is 1.11. The molecule has 76 valence electrons. The van der Waals surface area contributed by atoms with Crippen LogP contribution in [0.15, 0.2) is 5.16 Å². The molecule has 1 aliphatic carbocycles. The summed E-state index contributed by atoms with van der Waals surface area (Å²) in [6.45, 7) is 2.67. The van der Waals surface area contributed by atoms with Crippen molar-refractivity contribution in [3.05, 3.63) is 0 Å². The summed E-state index contributed by atoms with van der Waals surface area (Å²) in [6.07, 6.45) is 2.01. The second-order valence-corrected chi connectivity index (χ2v) is 3.75. The van der Waals surface area contributed by atoms with Crippen molar-refractivity contribution in [2.45, 2.75) is 25.3 Å². The van der Waals surface area contributed by atoms with Crippen LogP contribution in [0.2, 0.25) is 0 Å². The van der Waals surface area contributed by atoms with E-state index in [-0.39, 0.29) is 23.9 Å². The number of hydrogen-bond donors (Lipinski definition) is 4. The molecule has 5 nitrogen and oxygen atoms in total. The van der Waals surface area contributed by atoms with Gasteiger partial charge in [0.2, 0.25) is 0 Å². The van der Waals surface area contributed by atoms with Crippen LogP contribution in [0.1, 0.15) is 19.8 Å². The molecular formula is C8H17N3O2. The van der Waals surface area contributed by atoms with Gasteiger partial charge < -0.3 is 21.4 Å². The molecule has 0 spiro atoms. The topological polar surface area (TPSA) is 90.9 Å². The second-order valence-electron chi connectivity index (χ2n) is 3.75. The van der Waals surface area contributed by atoms with Gasteiger partial charge in [-0.1, -0.05) is 12.1 Å². The van der Waals surface area contributed by atoms with Crippen LogP contribution >= 0.6 is 0 Å². The molecule has 1 rings (SSSR count). The maximum absolute atomic E-state index is 8.99. The quantitative estimate of drug-likeness (QED) is 0.202. The average molecular weight is 187 g/mol. The Kier molecular flexibility index (Phi) is 3.11. The smallest absolute Gasteiger partial charge is 0.143 e. The van der Waals surface area contributed by atoms with E-state index in [9.17, 15) is 0 Å². The Balaban J connectivity index is 2.26.